The molecule has 2 aromatic rings. The van der Waals surface area contributed by atoms with Crippen LogP contribution in [0, 0.1) is 12.8 Å². The fourth-order valence-electron chi connectivity index (χ4n) is 3.81. The molecule has 0 amide bonds. The molecule has 6 heteroatoms. The summed E-state index contributed by atoms with van der Waals surface area (Å²) < 4.78 is 7.75. The number of aliphatic hydroxyl groups is 1. The second kappa shape index (κ2) is 6.44. The van der Waals surface area contributed by atoms with Gasteiger partial charge in [-0.25, -0.2) is 4.98 Å². The predicted octanol–water partition coefficient (Wildman–Crippen LogP) is 1.17. The zero-order valence-corrected chi connectivity index (χ0v) is 14.2. The average molecular weight is 330 g/mol. The van der Waals surface area contributed by atoms with Gasteiger partial charge >= 0.3 is 0 Å². The molecule has 0 bridgehead atoms. The van der Waals surface area contributed by atoms with E-state index in [1.165, 1.54) is 5.56 Å². The van der Waals surface area contributed by atoms with Crippen LogP contribution in [0.15, 0.2) is 24.5 Å². The van der Waals surface area contributed by atoms with Gasteiger partial charge in [-0.15, -0.1) is 0 Å². The number of hydrogen-bond donors (Lipinski definition) is 3. The van der Waals surface area contributed by atoms with Crippen molar-refractivity contribution in [1.82, 2.24) is 20.0 Å². The van der Waals surface area contributed by atoms with Crippen molar-refractivity contribution in [2.24, 2.45) is 5.92 Å². The van der Waals surface area contributed by atoms with Crippen molar-refractivity contribution < 1.29 is 9.84 Å². The molecule has 2 fully saturated rings. The van der Waals surface area contributed by atoms with E-state index in [4.69, 9.17) is 9.72 Å². The molecule has 130 valence electrons. The van der Waals surface area contributed by atoms with Crippen molar-refractivity contribution in [2.45, 2.75) is 38.0 Å². The van der Waals surface area contributed by atoms with E-state index in [9.17, 15) is 5.11 Å². The summed E-state index contributed by atoms with van der Waals surface area (Å²) in [5, 5.41) is 17.6. The van der Waals surface area contributed by atoms with Crippen LogP contribution < -0.4 is 10.6 Å². The lowest BCUT2D eigenvalue weighted by Crippen LogP contribution is -2.56. The van der Waals surface area contributed by atoms with Crippen molar-refractivity contribution in [3.8, 4) is 0 Å². The van der Waals surface area contributed by atoms with Gasteiger partial charge in [0.05, 0.1) is 30.5 Å². The summed E-state index contributed by atoms with van der Waals surface area (Å²) in [4.78, 5) is 4.71. The molecule has 24 heavy (non-hydrogen) atoms. The normalized spacial score (nSPS) is 25.2. The number of aromatic nitrogens is 2. The molecular weight excluding hydrogens is 304 g/mol. The summed E-state index contributed by atoms with van der Waals surface area (Å²) in [5.74, 6) is 1.06. The van der Waals surface area contributed by atoms with Crippen LogP contribution in [0.5, 0.6) is 0 Å². The van der Waals surface area contributed by atoms with Gasteiger partial charge in [-0.3, -0.25) is 5.32 Å². The van der Waals surface area contributed by atoms with E-state index < -0.39 is 6.23 Å². The average Bonchev–Trinajstić information content (AvgIpc) is 2.79. The number of ether oxygens (including phenoxy) is 1. The number of rotatable bonds is 4. The molecule has 4 rings (SSSR count). The summed E-state index contributed by atoms with van der Waals surface area (Å²) in [6.07, 6.45) is 6.55. The minimum atomic E-state index is -0.604. The summed E-state index contributed by atoms with van der Waals surface area (Å²) in [6, 6.07) is 4.16. The second-order valence-electron chi connectivity index (χ2n) is 7.09. The summed E-state index contributed by atoms with van der Waals surface area (Å²) in [6.45, 7) is 5.01. The largest absolute Gasteiger partial charge is 0.380 e. The van der Waals surface area contributed by atoms with Crippen molar-refractivity contribution >= 4 is 5.52 Å². The first-order chi connectivity index (χ1) is 11.7. The number of aryl methyl sites for hydroxylation is 1. The molecule has 1 saturated carbocycles. The molecule has 0 aromatic carbocycles. The maximum Gasteiger partial charge on any atom is 0.133 e. The van der Waals surface area contributed by atoms with Gasteiger partial charge in [0.25, 0.3) is 0 Å². The fraction of sp³-hybridized carbons (Fsp3) is 0.611. The molecule has 0 radical (unpaired) electrons. The van der Waals surface area contributed by atoms with Crippen molar-refractivity contribution in [3.05, 3.63) is 35.9 Å². The van der Waals surface area contributed by atoms with Crippen LogP contribution in [0.3, 0.4) is 0 Å². The highest BCUT2D eigenvalue weighted by Gasteiger charge is 2.44. The molecule has 2 aliphatic rings. The Balaban J connectivity index is 1.60. The Hall–Kier alpha value is -1.47. The highest BCUT2D eigenvalue weighted by Crippen LogP contribution is 2.41. The van der Waals surface area contributed by atoms with E-state index in [0.717, 1.165) is 43.7 Å². The standard InChI is InChI=1S/C18H26N4O2/c1-13-4-2-8-22-15(13)11-20-17(22)18(5-3-6-18)21-16(23)14-10-19-7-9-24-12-14/h2,4,8,11,14,16,19,21,23H,3,5-7,9-10,12H2,1H3. The number of pyridine rings is 1. The van der Waals surface area contributed by atoms with Gasteiger partial charge in [0.2, 0.25) is 0 Å². The Labute approximate surface area is 142 Å². The zero-order chi connectivity index (χ0) is 16.6. The first kappa shape index (κ1) is 16.0. The third kappa shape index (κ3) is 2.73. The smallest absolute Gasteiger partial charge is 0.133 e. The van der Waals surface area contributed by atoms with E-state index in [-0.39, 0.29) is 11.5 Å². The Morgan fingerprint density at radius 3 is 3.17 bits per heavy atom. The number of aliphatic hydroxyl groups excluding tert-OH is 1. The Bertz CT molecular complexity index is 702. The highest BCUT2D eigenvalue weighted by atomic mass is 16.5. The maximum absolute atomic E-state index is 10.8. The van der Waals surface area contributed by atoms with Crippen molar-refractivity contribution in [3.63, 3.8) is 0 Å². The number of nitrogens with zero attached hydrogens (tertiary/aromatic N) is 2. The fourth-order valence-corrected chi connectivity index (χ4v) is 3.81. The van der Waals surface area contributed by atoms with Gasteiger partial charge in [-0.05, 0) is 37.8 Å². The van der Waals surface area contributed by atoms with Gasteiger partial charge in [-0.1, -0.05) is 6.07 Å². The first-order valence-corrected chi connectivity index (χ1v) is 8.87. The minimum Gasteiger partial charge on any atom is -0.380 e. The molecular formula is C18H26N4O2. The van der Waals surface area contributed by atoms with Crippen LogP contribution in [-0.4, -0.2) is 47.0 Å². The predicted molar refractivity (Wildman–Crippen MR) is 91.8 cm³/mol. The highest BCUT2D eigenvalue weighted by molar-refractivity contribution is 5.54. The van der Waals surface area contributed by atoms with E-state index >= 15 is 0 Å². The second-order valence-corrected chi connectivity index (χ2v) is 7.09. The Kier molecular flexibility index (Phi) is 4.30. The van der Waals surface area contributed by atoms with Gasteiger partial charge in [0.1, 0.15) is 12.1 Å². The topological polar surface area (TPSA) is 70.8 Å². The molecule has 3 heterocycles. The molecule has 2 atom stereocenters. The minimum absolute atomic E-state index is 0.0536. The quantitative estimate of drug-likeness (QED) is 0.734. The third-order valence-electron chi connectivity index (χ3n) is 5.45. The summed E-state index contributed by atoms with van der Waals surface area (Å²) in [7, 11) is 0. The molecule has 0 spiro atoms. The van der Waals surface area contributed by atoms with E-state index in [2.05, 4.69) is 40.3 Å². The SMILES string of the molecule is Cc1cccn2c(C3(NC(O)C4CNCCOC4)CCC3)ncc12. The Morgan fingerprint density at radius 1 is 1.50 bits per heavy atom. The lowest BCUT2D eigenvalue weighted by Gasteiger charge is -2.44. The van der Waals surface area contributed by atoms with E-state index in [1.54, 1.807) is 0 Å². The van der Waals surface area contributed by atoms with Crippen LogP contribution >= 0.6 is 0 Å². The lowest BCUT2D eigenvalue weighted by molar-refractivity contribution is -0.0157. The lowest BCUT2D eigenvalue weighted by atomic mass is 9.75. The van der Waals surface area contributed by atoms with Crippen LogP contribution in [0.4, 0.5) is 0 Å². The van der Waals surface area contributed by atoms with Crippen molar-refractivity contribution in [1.29, 1.82) is 0 Å². The van der Waals surface area contributed by atoms with Crippen LogP contribution in [0.25, 0.3) is 5.52 Å². The van der Waals surface area contributed by atoms with E-state index in [1.807, 2.05) is 6.20 Å². The molecule has 1 aliphatic heterocycles. The van der Waals surface area contributed by atoms with Gasteiger partial charge in [-0.2, -0.15) is 0 Å². The van der Waals surface area contributed by atoms with Crippen LogP contribution in [-0.2, 0) is 10.3 Å². The van der Waals surface area contributed by atoms with Crippen LogP contribution in [0.2, 0.25) is 0 Å². The maximum atomic E-state index is 10.8. The summed E-state index contributed by atoms with van der Waals surface area (Å²) in [5.41, 5.74) is 2.11. The van der Waals surface area contributed by atoms with E-state index in [0.29, 0.717) is 13.2 Å². The summed E-state index contributed by atoms with van der Waals surface area (Å²) >= 11 is 0. The van der Waals surface area contributed by atoms with Gasteiger partial charge in [0.15, 0.2) is 0 Å². The molecule has 3 N–H and O–H groups in total. The number of nitrogens with one attached hydrogen (secondary N) is 2. The number of fused-ring (bicyclic) bond motifs is 1. The van der Waals surface area contributed by atoms with Crippen LogP contribution in [0.1, 0.15) is 30.7 Å². The number of hydrogen-bond acceptors (Lipinski definition) is 5. The molecule has 1 aliphatic carbocycles. The van der Waals surface area contributed by atoms with Crippen molar-refractivity contribution in [2.75, 3.05) is 26.3 Å². The van der Waals surface area contributed by atoms with Gasteiger partial charge < -0.3 is 19.6 Å². The molecule has 6 nitrogen and oxygen atoms in total. The first-order valence-electron chi connectivity index (χ1n) is 8.87. The monoisotopic (exact) mass is 330 g/mol. The molecule has 2 aromatic heterocycles. The number of imidazole rings is 1. The molecule has 1 saturated heterocycles. The van der Waals surface area contributed by atoms with Gasteiger partial charge in [0, 0.05) is 25.2 Å². The third-order valence-corrected chi connectivity index (χ3v) is 5.45. The zero-order valence-electron chi connectivity index (χ0n) is 14.2. The molecule has 2 unspecified atom stereocenters. The Morgan fingerprint density at radius 2 is 2.38 bits per heavy atom.